The van der Waals surface area contributed by atoms with Gasteiger partial charge in [0.15, 0.2) is 5.96 Å². The predicted molar refractivity (Wildman–Crippen MR) is 107 cm³/mol. The van der Waals surface area contributed by atoms with Gasteiger partial charge in [0.25, 0.3) is 0 Å². The van der Waals surface area contributed by atoms with Crippen molar-refractivity contribution < 1.29 is 9.15 Å². The molecule has 0 unspecified atom stereocenters. The topological polar surface area (TPSA) is 84.6 Å². The molecule has 0 aliphatic rings. The Morgan fingerprint density at radius 3 is 2.52 bits per heavy atom. The molecule has 2 heterocycles. The maximum absolute atomic E-state index is 5.56. The van der Waals surface area contributed by atoms with Crippen LogP contribution in [0.25, 0.3) is 10.6 Å². The molecule has 27 heavy (non-hydrogen) atoms. The zero-order valence-corrected chi connectivity index (χ0v) is 16.7. The van der Waals surface area contributed by atoms with Crippen LogP contribution in [0.5, 0.6) is 5.75 Å². The zero-order chi connectivity index (χ0) is 19.2. The van der Waals surface area contributed by atoms with Crippen LogP contribution in [-0.4, -0.2) is 30.1 Å². The van der Waals surface area contributed by atoms with Crippen LogP contribution in [0, 0.1) is 13.8 Å². The fourth-order valence-corrected chi connectivity index (χ4v) is 3.25. The molecule has 0 aliphatic carbocycles. The number of hydrogen-bond acceptors (Lipinski definition) is 6. The lowest BCUT2D eigenvalue weighted by atomic mass is 10.2. The molecule has 3 rings (SSSR count). The number of oxazole rings is 1. The second-order valence-electron chi connectivity index (χ2n) is 5.90. The monoisotopic (exact) mass is 385 g/mol. The van der Waals surface area contributed by atoms with E-state index in [9.17, 15) is 0 Å². The van der Waals surface area contributed by atoms with E-state index in [0.717, 1.165) is 33.5 Å². The molecule has 0 spiro atoms. The summed E-state index contributed by atoms with van der Waals surface area (Å²) in [6.45, 7) is 4.89. The molecular weight excluding hydrogens is 362 g/mol. The fraction of sp³-hybridized carbons (Fsp3) is 0.316. The lowest BCUT2D eigenvalue weighted by Gasteiger charge is -2.09. The summed E-state index contributed by atoms with van der Waals surface area (Å²) in [6.07, 6.45) is 0. The van der Waals surface area contributed by atoms with Gasteiger partial charge in [0.2, 0.25) is 5.89 Å². The summed E-state index contributed by atoms with van der Waals surface area (Å²) >= 11 is 1.61. The van der Waals surface area contributed by atoms with Crippen molar-refractivity contribution in [3.63, 3.8) is 0 Å². The summed E-state index contributed by atoms with van der Waals surface area (Å²) in [5, 5.41) is 9.46. The minimum atomic E-state index is 0.475. The van der Waals surface area contributed by atoms with E-state index >= 15 is 0 Å². The number of aryl methyl sites for hydroxylation is 2. The molecule has 0 saturated heterocycles. The van der Waals surface area contributed by atoms with E-state index in [0.29, 0.717) is 24.9 Å². The van der Waals surface area contributed by atoms with Gasteiger partial charge in [0.1, 0.15) is 16.5 Å². The van der Waals surface area contributed by atoms with Crippen LogP contribution in [-0.2, 0) is 13.1 Å². The second-order valence-corrected chi connectivity index (χ2v) is 6.76. The van der Waals surface area contributed by atoms with E-state index in [2.05, 4.69) is 25.6 Å². The number of benzene rings is 1. The van der Waals surface area contributed by atoms with E-state index < -0.39 is 0 Å². The first-order valence-electron chi connectivity index (χ1n) is 8.55. The first kappa shape index (κ1) is 18.9. The number of aromatic nitrogens is 2. The lowest BCUT2D eigenvalue weighted by Crippen LogP contribution is -2.36. The Morgan fingerprint density at radius 1 is 1.15 bits per heavy atom. The number of guanidine groups is 1. The van der Waals surface area contributed by atoms with E-state index in [4.69, 9.17) is 9.15 Å². The van der Waals surface area contributed by atoms with Crippen molar-refractivity contribution in [1.82, 2.24) is 20.6 Å². The largest absolute Gasteiger partial charge is 0.497 e. The van der Waals surface area contributed by atoms with Crippen LogP contribution in [0.15, 0.2) is 39.1 Å². The molecular formula is C19H23N5O2S. The van der Waals surface area contributed by atoms with Crippen LogP contribution in [0.3, 0.4) is 0 Å². The molecule has 0 amide bonds. The molecule has 1 aromatic carbocycles. The summed E-state index contributed by atoms with van der Waals surface area (Å²) < 4.78 is 10.8. The van der Waals surface area contributed by atoms with Crippen molar-refractivity contribution >= 4 is 17.3 Å². The second kappa shape index (κ2) is 8.68. The third-order valence-electron chi connectivity index (χ3n) is 4.03. The van der Waals surface area contributed by atoms with Crippen LogP contribution in [0.2, 0.25) is 0 Å². The molecule has 0 bridgehead atoms. The van der Waals surface area contributed by atoms with Gasteiger partial charge in [-0.2, -0.15) is 0 Å². The van der Waals surface area contributed by atoms with E-state index in [-0.39, 0.29) is 0 Å². The lowest BCUT2D eigenvalue weighted by molar-refractivity contribution is 0.415. The third kappa shape index (κ3) is 4.85. The maximum atomic E-state index is 5.56. The van der Waals surface area contributed by atoms with Gasteiger partial charge in [0, 0.05) is 18.0 Å². The summed E-state index contributed by atoms with van der Waals surface area (Å²) in [6, 6.07) is 7.89. The average molecular weight is 385 g/mol. The summed E-state index contributed by atoms with van der Waals surface area (Å²) in [7, 11) is 3.39. The number of nitrogens with zero attached hydrogens (tertiary/aromatic N) is 3. The smallest absolute Gasteiger partial charge is 0.214 e. The first-order chi connectivity index (χ1) is 13.1. The number of rotatable bonds is 6. The Hall–Kier alpha value is -2.87. The van der Waals surface area contributed by atoms with Crippen LogP contribution >= 0.6 is 11.3 Å². The molecule has 0 radical (unpaired) electrons. The molecule has 3 aromatic rings. The number of ether oxygens (including phenoxy) is 1. The van der Waals surface area contributed by atoms with Gasteiger partial charge in [-0.25, -0.2) is 9.97 Å². The van der Waals surface area contributed by atoms with E-state index in [1.165, 1.54) is 0 Å². The van der Waals surface area contributed by atoms with Crippen molar-refractivity contribution in [2.45, 2.75) is 26.9 Å². The van der Waals surface area contributed by atoms with Gasteiger partial charge in [-0.1, -0.05) is 0 Å². The Labute approximate surface area is 162 Å². The van der Waals surface area contributed by atoms with Crippen LogP contribution in [0.4, 0.5) is 0 Å². The summed E-state index contributed by atoms with van der Waals surface area (Å²) in [5.41, 5.74) is 2.93. The molecule has 2 aromatic heterocycles. The number of nitrogens with one attached hydrogen (secondary N) is 2. The highest BCUT2D eigenvalue weighted by molar-refractivity contribution is 7.13. The highest BCUT2D eigenvalue weighted by Gasteiger charge is 2.08. The van der Waals surface area contributed by atoms with Crippen LogP contribution in [0.1, 0.15) is 23.0 Å². The number of thiazole rings is 1. The van der Waals surface area contributed by atoms with Gasteiger partial charge in [-0.15, -0.1) is 11.3 Å². The quantitative estimate of drug-likeness (QED) is 0.500. The van der Waals surface area contributed by atoms with E-state index in [1.54, 1.807) is 25.5 Å². The van der Waals surface area contributed by atoms with Gasteiger partial charge >= 0.3 is 0 Å². The van der Waals surface area contributed by atoms with Crippen molar-refractivity contribution in [3.8, 4) is 16.3 Å². The Balaban J connectivity index is 1.54. The minimum Gasteiger partial charge on any atom is -0.497 e. The van der Waals surface area contributed by atoms with Gasteiger partial charge in [0.05, 0.1) is 31.6 Å². The number of methoxy groups -OCH3 is 1. The minimum absolute atomic E-state index is 0.475. The third-order valence-corrected chi connectivity index (χ3v) is 4.97. The predicted octanol–water partition coefficient (Wildman–Crippen LogP) is 3.29. The zero-order valence-electron chi connectivity index (χ0n) is 15.9. The first-order valence-corrected chi connectivity index (χ1v) is 9.43. The molecule has 8 heteroatoms. The highest BCUT2D eigenvalue weighted by Crippen LogP contribution is 2.25. The number of hydrogen-bond donors (Lipinski definition) is 2. The SMILES string of the molecule is CN=C(NCc1csc(-c2ccc(OC)cc2)n1)NCc1nc(C)c(C)o1. The molecule has 7 nitrogen and oxygen atoms in total. The normalized spacial score (nSPS) is 11.5. The molecule has 0 atom stereocenters. The van der Waals surface area contributed by atoms with Crippen molar-refractivity contribution in [3.05, 3.63) is 52.7 Å². The fourth-order valence-electron chi connectivity index (χ4n) is 2.42. The standard InChI is InChI=1S/C19H23N5O2S/c1-12-13(2)26-17(23-12)10-22-19(20-3)21-9-15-11-27-18(24-15)14-5-7-16(25-4)8-6-14/h5-8,11H,9-10H2,1-4H3,(H2,20,21,22). The van der Waals surface area contributed by atoms with Gasteiger partial charge < -0.3 is 19.8 Å². The molecule has 2 N–H and O–H groups in total. The highest BCUT2D eigenvalue weighted by atomic mass is 32.1. The van der Waals surface area contributed by atoms with Gasteiger partial charge in [-0.3, -0.25) is 4.99 Å². The summed E-state index contributed by atoms with van der Waals surface area (Å²) in [5.74, 6) is 2.98. The van der Waals surface area contributed by atoms with Crippen molar-refractivity contribution in [2.24, 2.45) is 4.99 Å². The molecule has 142 valence electrons. The Bertz CT molecular complexity index is 895. The van der Waals surface area contributed by atoms with E-state index in [1.807, 2.05) is 43.5 Å². The van der Waals surface area contributed by atoms with Gasteiger partial charge in [-0.05, 0) is 38.1 Å². The van der Waals surface area contributed by atoms with Crippen molar-refractivity contribution in [2.75, 3.05) is 14.2 Å². The Morgan fingerprint density at radius 2 is 1.89 bits per heavy atom. The Kier molecular flexibility index (Phi) is 6.08. The molecule has 0 saturated carbocycles. The van der Waals surface area contributed by atoms with Crippen molar-refractivity contribution in [1.29, 1.82) is 0 Å². The molecule has 0 fully saturated rings. The average Bonchev–Trinajstić information content (AvgIpc) is 3.29. The maximum Gasteiger partial charge on any atom is 0.214 e. The van der Waals surface area contributed by atoms with Crippen LogP contribution < -0.4 is 15.4 Å². The summed E-state index contributed by atoms with van der Waals surface area (Å²) in [4.78, 5) is 13.2. The molecule has 0 aliphatic heterocycles. The number of aliphatic imine (C=N–C) groups is 1.